The molecule has 1 heterocycles. The van der Waals surface area contributed by atoms with Gasteiger partial charge in [-0.3, -0.25) is 4.98 Å². The van der Waals surface area contributed by atoms with E-state index in [1.807, 2.05) is 30.3 Å². The van der Waals surface area contributed by atoms with E-state index < -0.39 is 0 Å². The zero-order valence-electron chi connectivity index (χ0n) is 7.74. The fourth-order valence-electron chi connectivity index (χ4n) is 1.30. The first-order valence-corrected chi connectivity index (χ1v) is 5.51. The van der Waals surface area contributed by atoms with Gasteiger partial charge in [-0.15, -0.1) is 0 Å². The second-order valence-electron chi connectivity index (χ2n) is 3.08. The van der Waals surface area contributed by atoms with Crippen molar-refractivity contribution in [3.63, 3.8) is 0 Å². The van der Waals surface area contributed by atoms with Gasteiger partial charge in [0.25, 0.3) is 0 Å². The quantitative estimate of drug-likeness (QED) is 0.866. The average molecular weight is 284 g/mol. The molecule has 0 saturated heterocycles. The second-order valence-corrected chi connectivity index (χ2v) is 4.34. The monoisotopic (exact) mass is 282 g/mol. The van der Waals surface area contributed by atoms with Gasteiger partial charge in [0, 0.05) is 15.1 Å². The Hall–Kier alpha value is -1.06. The van der Waals surface area contributed by atoms with Gasteiger partial charge in [-0.2, -0.15) is 0 Å². The molecule has 4 heteroatoms. The molecule has 0 radical (unpaired) electrons. The summed E-state index contributed by atoms with van der Waals surface area (Å²) in [7, 11) is 0. The molecule has 0 amide bonds. The van der Waals surface area contributed by atoms with Gasteiger partial charge in [0.05, 0.1) is 17.6 Å². The van der Waals surface area contributed by atoms with Crippen molar-refractivity contribution < 1.29 is 0 Å². The average Bonchev–Trinajstić information content (AvgIpc) is 2.20. The topological polar surface area (TPSA) is 38.9 Å². The summed E-state index contributed by atoms with van der Waals surface area (Å²) in [6.45, 7) is 0. The molecule has 0 spiro atoms. The van der Waals surface area contributed by atoms with E-state index >= 15 is 0 Å². The van der Waals surface area contributed by atoms with Crippen LogP contribution in [-0.4, -0.2) is 4.98 Å². The van der Waals surface area contributed by atoms with E-state index in [9.17, 15) is 0 Å². The van der Waals surface area contributed by atoms with E-state index in [1.54, 1.807) is 6.20 Å². The smallest absolute Gasteiger partial charge is 0.0860 e. The summed E-state index contributed by atoms with van der Waals surface area (Å²) in [5, 5.41) is 0.676. The number of nitrogens with two attached hydrogens (primary N) is 1. The van der Waals surface area contributed by atoms with Gasteiger partial charge in [-0.25, -0.2) is 0 Å². The van der Waals surface area contributed by atoms with Crippen LogP contribution in [-0.2, 0) is 0 Å². The van der Waals surface area contributed by atoms with Crippen LogP contribution in [0.15, 0.2) is 41.0 Å². The highest BCUT2D eigenvalue weighted by molar-refractivity contribution is 9.10. The third kappa shape index (κ3) is 2.13. The molecule has 0 fully saturated rings. The molecule has 1 aromatic heterocycles. The number of rotatable bonds is 1. The molecule has 76 valence electrons. The lowest BCUT2D eigenvalue weighted by Gasteiger charge is -2.06. The predicted molar refractivity (Wildman–Crippen MR) is 66.8 cm³/mol. The molecule has 0 saturated carbocycles. The van der Waals surface area contributed by atoms with Crippen molar-refractivity contribution in [3.8, 4) is 11.3 Å². The van der Waals surface area contributed by atoms with Crippen molar-refractivity contribution in [2.75, 3.05) is 5.73 Å². The van der Waals surface area contributed by atoms with E-state index in [0.29, 0.717) is 10.7 Å². The van der Waals surface area contributed by atoms with Gasteiger partial charge < -0.3 is 5.73 Å². The minimum absolute atomic E-state index is 0.623. The molecule has 2 N–H and O–H groups in total. The molecule has 2 aromatic rings. The van der Waals surface area contributed by atoms with E-state index in [0.717, 1.165) is 15.7 Å². The highest BCUT2D eigenvalue weighted by Crippen LogP contribution is 2.32. The van der Waals surface area contributed by atoms with E-state index in [2.05, 4.69) is 20.9 Å². The molecule has 0 unspecified atom stereocenters. The number of halogens is 2. The molecular formula is C11H8BrClN2. The summed E-state index contributed by atoms with van der Waals surface area (Å²) in [5.74, 6) is 0. The van der Waals surface area contributed by atoms with Crippen molar-refractivity contribution in [3.05, 3.63) is 46.0 Å². The number of hydrogen-bond donors (Lipinski definition) is 1. The van der Waals surface area contributed by atoms with Gasteiger partial charge in [0.1, 0.15) is 0 Å². The highest BCUT2D eigenvalue weighted by Gasteiger charge is 2.08. The first-order valence-electron chi connectivity index (χ1n) is 4.34. The van der Waals surface area contributed by atoms with Gasteiger partial charge in [-0.05, 0) is 28.1 Å². The number of pyridine rings is 1. The molecular weight excluding hydrogens is 275 g/mol. The Kier molecular flexibility index (Phi) is 2.93. The molecule has 0 bridgehead atoms. The Morgan fingerprint density at radius 3 is 2.67 bits per heavy atom. The number of nitrogens with zero attached hydrogens (tertiary/aromatic N) is 1. The zero-order valence-corrected chi connectivity index (χ0v) is 10.1. The number of aromatic nitrogens is 1. The van der Waals surface area contributed by atoms with Crippen LogP contribution in [0.5, 0.6) is 0 Å². The molecule has 0 aliphatic carbocycles. The van der Waals surface area contributed by atoms with Gasteiger partial charge in [0.15, 0.2) is 0 Å². The van der Waals surface area contributed by atoms with Crippen molar-refractivity contribution in [1.29, 1.82) is 0 Å². The maximum Gasteiger partial charge on any atom is 0.0860 e. The Labute approximate surface area is 101 Å². The minimum Gasteiger partial charge on any atom is -0.397 e. The van der Waals surface area contributed by atoms with Gasteiger partial charge in [0.2, 0.25) is 0 Å². The maximum atomic E-state index is 6.08. The SMILES string of the molecule is Nc1cnc(-c2ccccc2Cl)c(Br)c1. The second kappa shape index (κ2) is 4.21. The standard InChI is InChI=1S/C11H8BrClN2/c12-9-5-7(14)6-15-11(9)8-3-1-2-4-10(8)13/h1-6H,14H2. The van der Waals surface area contributed by atoms with Crippen LogP contribution in [0.4, 0.5) is 5.69 Å². The zero-order chi connectivity index (χ0) is 10.8. The summed E-state index contributed by atoms with van der Waals surface area (Å²) in [4.78, 5) is 4.25. The first kappa shape index (κ1) is 10.5. The van der Waals surface area contributed by atoms with Crippen molar-refractivity contribution in [1.82, 2.24) is 4.98 Å². The highest BCUT2D eigenvalue weighted by atomic mass is 79.9. The molecule has 1 aromatic carbocycles. The number of nitrogen functional groups attached to an aromatic ring is 1. The summed E-state index contributed by atoms with van der Waals surface area (Å²) in [6, 6.07) is 9.38. The van der Waals surface area contributed by atoms with E-state index in [4.69, 9.17) is 17.3 Å². The molecule has 0 aliphatic heterocycles. The van der Waals surface area contributed by atoms with Crippen LogP contribution in [0.2, 0.25) is 5.02 Å². The lowest BCUT2D eigenvalue weighted by Crippen LogP contribution is -1.90. The van der Waals surface area contributed by atoms with Crippen LogP contribution in [0.3, 0.4) is 0 Å². The molecule has 0 aliphatic rings. The minimum atomic E-state index is 0.623. The van der Waals surface area contributed by atoms with Crippen molar-refractivity contribution in [2.45, 2.75) is 0 Å². The van der Waals surface area contributed by atoms with Crippen LogP contribution < -0.4 is 5.73 Å². The van der Waals surface area contributed by atoms with Crippen LogP contribution >= 0.6 is 27.5 Å². The largest absolute Gasteiger partial charge is 0.397 e. The Balaban J connectivity index is 2.60. The third-order valence-electron chi connectivity index (χ3n) is 1.99. The lowest BCUT2D eigenvalue weighted by atomic mass is 10.1. The number of anilines is 1. The predicted octanol–water partition coefficient (Wildman–Crippen LogP) is 3.75. The summed E-state index contributed by atoms with van der Waals surface area (Å²) >= 11 is 9.50. The third-order valence-corrected chi connectivity index (χ3v) is 2.93. The Morgan fingerprint density at radius 2 is 2.00 bits per heavy atom. The van der Waals surface area contributed by atoms with Crippen molar-refractivity contribution >= 4 is 33.2 Å². The van der Waals surface area contributed by atoms with Crippen LogP contribution in [0.25, 0.3) is 11.3 Å². The van der Waals surface area contributed by atoms with E-state index in [-0.39, 0.29) is 0 Å². The first-order chi connectivity index (χ1) is 7.18. The molecule has 0 atom stereocenters. The van der Waals surface area contributed by atoms with Crippen molar-refractivity contribution in [2.24, 2.45) is 0 Å². The normalized spacial score (nSPS) is 10.3. The summed E-state index contributed by atoms with van der Waals surface area (Å²) < 4.78 is 0.843. The van der Waals surface area contributed by atoms with Crippen LogP contribution in [0.1, 0.15) is 0 Å². The lowest BCUT2D eigenvalue weighted by molar-refractivity contribution is 1.31. The molecule has 2 nitrogen and oxygen atoms in total. The fourth-order valence-corrected chi connectivity index (χ4v) is 2.11. The number of hydrogen-bond acceptors (Lipinski definition) is 2. The molecule has 15 heavy (non-hydrogen) atoms. The Morgan fingerprint density at radius 1 is 1.27 bits per heavy atom. The van der Waals surface area contributed by atoms with Gasteiger partial charge >= 0.3 is 0 Å². The summed E-state index contributed by atoms with van der Waals surface area (Å²) in [6.07, 6.45) is 1.61. The van der Waals surface area contributed by atoms with Crippen LogP contribution in [0, 0.1) is 0 Å². The number of benzene rings is 1. The fraction of sp³-hybridized carbons (Fsp3) is 0. The van der Waals surface area contributed by atoms with E-state index in [1.165, 1.54) is 0 Å². The maximum absolute atomic E-state index is 6.08. The Bertz CT molecular complexity index is 500. The van der Waals surface area contributed by atoms with Gasteiger partial charge in [-0.1, -0.05) is 29.8 Å². The molecule has 2 rings (SSSR count). The summed E-state index contributed by atoms with van der Waals surface area (Å²) in [5.41, 5.74) is 7.94.